The molecular formula is C13H24ClNO5. The number of carbonyl (C=O) groups excluding carboxylic acids is 2. The molecule has 1 aliphatic carbocycles. The largest absolute Gasteiger partial charge is 0.508 e. The topological polar surface area (TPSA) is 87.9 Å². The lowest BCUT2D eigenvalue weighted by molar-refractivity contribution is -0.151. The van der Waals surface area contributed by atoms with E-state index in [2.05, 4.69) is 4.74 Å². The lowest BCUT2D eigenvalue weighted by atomic mass is 9.82. The van der Waals surface area contributed by atoms with Crippen LogP contribution in [0.1, 0.15) is 32.6 Å². The third-order valence-corrected chi connectivity index (χ3v) is 3.32. The van der Waals surface area contributed by atoms with Crippen LogP contribution in [-0.2, 0) is 19.0 Å². The van der Waals surface area contributed by atoms with Gasteiger partial charge in [0.25, 0.3) is 0 Å². The molecule has 0 aromatic rings. The number of hydrogen-bond donors (Lipinski definition) is 1. The summed E-state index contributed by atoms with van der Waals surface area (Å²) in [6.07, 6.45) is 2.89. The highest BCUT2D eigenvalue weighted by Gasteiger charge is 2.26. The van der Waals surface area contributed by atoms with Gasteiger partial charge in [-0.2, -0.15) is 0 Å². The molecule has 0 unspecified atom stereocenters. The quantitative estimate of drug-likeness (QED) is 0.595. The predicted molar refractivity (Wildman–Crippen MR) is 75.7 cm³/mol. The molecule has 0 radical (unpaired) electrons. The molecule has 1 aliphatic rings. The van der Waals surface area contributed by atoms with E-state index in [-0.39, 0.29) is 44.1 Å². The van der Waals surface area contributed by atoms with Gasteiger partial charge in [0.1, 0.15) is 13.2 Å². The molecule has 7 heteroatoms. The average molecular weight is 310 g/mol. The van der Waals surface area contributed by atoms with Gasteiger partial charge in [-0.05, 0) is 45.1 Å². The normalized spacial score (nSPS) is 21.5. The van der Waals surface area contributed by atoms with Crippen molar-refractivity contribution in [3.63, 3.8) is 0 Å². The maximum atomic E-state index is 11.7. The van der Waals surface area contributed by atoms with Crippen molar-refractivity contribution in [2.75, 3.05) is 26.4 Å². The molecule has 0 spiro atoms. The molecule has 1 saturated carbocycles. The molecule has 1 fully saturated rings. The summed E-state index contributed by atoms with van der Waals surface area (Å²) >= 11 is 0. The predicted octanol–water partition coefficient (Wildman–Crippen LogP) is 1.89. The lowest BCUT2D eigenvalue weighted by Crippen LogP contribution is -2.27. The summed E-state index contributed by atoms with van der Waals surface area (Å²) in [5, 5.41) is 0. The second kappa shape index (κ2) is 10.7. The van der Waals surface area contributed by atoms with Crippen LogP contribution < -0.4 is 5.73 Å². The summed E-state index contributed by atoms with van der Waals surface area (Å²) in [4.78, 5) is 22.6. The maximum absolute atomic E-state index is 11.7. The third kappa shape index (κ3) is 6.96. The maximum Gasteiger partial charge on any atom is 0.508 e. The van der Waals surface area contributed by atoms with Crippen LogP contribution in [0.25, 0.3) is 0 Å². The molecule has 0 heterocycles. The first-order valence-electron chi connectivity index (χ1n) is 6.83. The van der Waals surface area contributed by atoms with Crippen molar-refractivity contribution in [2.24, 2.45) is 17.6 Å². The molecular weight excluding hydrogens is 286 g/mol. The zero-order valence-corrected chi connectivity index (χ0v) is 12.7. The molecule has 1 rings (SSSR count). The SMILES string of the molecule is CCOC(=O)OCCOC(=O)C1CCC(CN)CC1.Cl. The number of nitrogens with two attached hydrogens (primary N) is 1. The summed E-state index contributed by atoms with van der Waals surface area (Å²) in [5.74, 6) is 0.296. The van der Waals surface area contributed by atoms with Crippen LogP contribution in [-0.4, -0.2) is 38.5 Å². The summed E-state index contributed by atoms with van der Waals surface area (Å²) in [6.45, 7) is 2.76. The number of ether oxygens (including phenoxy) is 3. The van der Waals surface area contributed by atoms with E-state index in [9.17, 15) is 9.59 Å². The van der Waals surface area contributed by atoms with Crippen LogP contribution >= 0.6 is 12.4 Å². The Balaban J connectivity index is 0.00000361. The first-order valence-corrected chi connectivity index (χ1v) is 6.83. The van der Waals surface area contributed by atoms with Crippen molar-refractivity contribution in [3.05, 3.63) is 0 Å². The number of esters is 1. The molecule has 0 amide bonds. The van der Waals surface area contributed by atoms with Gasteiger partial charge in [0.2, 0.25) is 0 Å². The Bertz CT molecular complexity index is 292. The van der Waals surface area contributed by atoms with Gasteiger partial charge >= 0.3 is 12.1 Å². The second-order valence-corrected chi connectivity index (χ2v) is 4.65. The first-order chi connectivity index (χ1) is 9.17. The standard InChI is InChI=1S/C13H23NO5.ClH/c1-2-17-13(16)19-8-7-18-12(15)11-5-3-10(9-14)4-6-11;/h10-11H,2-9,14H2,1H3;1H. The fraction of sp³-hybridized carbons (Fsp3) is 0.846. The van der Waals surface area contributed by atoms with Crippen LogP contribution in [0.4, 0.5) is 4.79 Å². The van der Waals surface area contributed by atoms with Gasteiger partial charge in [-0.1, -0.05) is 0 Å². The van der Waals surface area contributed by atoms with Crippen molar-refractivity contribution in [2.45, 2.75) is 32.6 Å². The number of rotatable bonds is 6. The molecule has 0 aromatic carbocycles. The van der Waals surface area contributed by atoms with E-state index in [0.29, 0.717) is 12.5 Å². The molecule has 0 saturated heterocycles. The molecule has 6 nitrogen and oxygen atoms in total. The van der Waals surface area contributed by atoms with E-state index in [1.54, 1.807) is 6.92 Å². The van der Waals surface area contributed by atoms with E-state index in [4.69, 9.17) is 15.2 Å². The van der Waals surface area contributed by atoms with Crippen LogP contribution in [0.3, 0.4) is 0 Å². The second-order valence-electron chi connectivity index (χ2n) is 4.65. The Morgan fingerprint density at radius 2 is 1.65 bits per heavy atom. The fourth-order valence-electron chi connectivity index (χ4n) is 2.18. The highest BCUT2D eigenvalue weighted by atomic mass is 35.5. The van der Waals surface area contributed by atoms with E-state index in [1.807, 2.05) is 0 Å². The molecule has 118 valence electrons. The smallest absolute Gasteiger partial charge is 0.462 e. The van der Waals surface area contributed by atoms with Gasteiger partial charge in [0.15, 0.2) is 0 Å². The van der Waals surface area contributed by atoms with E-state index >= 15 is 0 Å². The summed E-state index contributed by atoms with van der Waals surface area (Å²) < 4.78 is 14.4. The zero-order valence-electron chi connectivity index (χ0n) is 11.8. The van der Waals surface area contributed by atoms with Gasteiger partial charge in [0, 0.05) is 0 Å². The minimum absolute atomic E-state index is 0. The summed E-state index contributed by atoms with van der Waals surface area (Å²) in [5.41, 5.74) is 5.60. The monoisotopic (exact) mass is 309 g/mol. The number of hydrogen-bond acceptors (Lipinski definition) is 6. The molecule has 20 heavy (non-hydrogen) atoms. The van der Waals surface area contributed by atoms with E-state index < -0.39 is 6.16 Å². The van der Waals surface area contributed by atoms with E-state index in [1.165, 1.54) is 0 Å². The average Bonchev–Trinajstić information content (AvgIpc) is 2.44. The van der Waals surface area contributed by atoms with Crippen LogP contribution in [0, 0.1) is 11.8 Å². The van der Waals surface area contributed by atoms with E-state index in [0.717, 1.165) is 25.7 Å². The first kappa shape index (κ1) is 19.0. The third-order valence-electron chi connectivity index (χ3n) is 3.32. The van der Waals surface area contributed by atoms with Gasteiger partial charge in [-0.15, -0.1) is 12.4 Å². The highest BCUT2D eigenvalue weighted by Crippen LogP contribution is 2.28. The minimum atomic E-state index is -0.734. The van der Waals surface area contributed by atoms with Gasteiger partial charge in [0.05, 0.1) is 12.5 Å². The van der Waals surface area contributed by atoms with Gasteiger partial charge < -0.3 is 19.9 Å². The Labute approximate surface area is 125 Å². The Hall–Kier alpha value is -1.01. The Morgan fingerprint density at radius 3 is 2.20 bits per heavy atom. The zero-order chi connectivity index (χ0) is 14.1. The summed E-state index contributed by atoms with van der Waals surface area (Å²) in [6, 6.07) is 0. The Kier molecular flexibility index (Phi) is 10.2. The van der Waals surface area contributed by atoms with Crippen molar-refractivity contribution < 1.29 is 23.8 Å². The van der Waals surface area contributed by atoms with Crippen molar-refractivity contribution >= 4 is 24.5 Å². The molecule has 2 N–H and O–H groups in total. The number of halogens is 1. The fourth-order valence-corrected chi connectivity index (χ4v) is 2.18. The minimum Gasteiger partial charge on any atom is -0.462 e. The van der Waals surface area contributed by atoms with Crippen LogP contribution in [0.5, 0.6) is 0 Å². The van der Waals surface area contributed by atoms with Crippen molar-refractivity contribution in [3.8, 4) is 0 Å². The Morgan fingerprint density at radius 1 is 1.05 bits per heavy atom. The van der Waals surface area contributed by atoms with Crippen molar-refractivity contribution in [1.29, 1.82) is 0 Å². The molecule has 0 bridgehead atoms. The highest BCUT2D eigenvalue weighted by molar-refractivity contribution is 5.85. The van der Waals surface area contributed by atoms with Gasteiger partial charge in [-0.3, -0.25) is 4.79 Å². The summed E-state index contributed by atoms with van der Waals surface area (Å²) in [7, 11) is 0. The molecule has 0 aromatic heterocycles. The van der Waals surface area contributed by atoms with Crippen LogP contribution in [0.15, 0.2) is 0 Å². The van der Waals surface area contributed by atoms with Gasteiger partial charge in [-0.25, -0.2) is 4.79 Å². The van der Waals surface area contributed by atoms with Crippen LogP contribution in [0.2, 0.25) is 0 Å². The molecule has 0 aliphatic heterocycles. The molecule has 0 atom stereocenters. The lowest BCUT2D eigenvalue weighted by Gasteiger charge is -2.26. The van der Waals surface area contributed by atoms with Crippen molar-refractivity contribution in [1.82, 2.24) is 0 Å². The number of carbonyl (C=O) groups is 2.